The van der Waals surface area contributed by atoms with Crippen LogP contribution in [0, 0.1) is 0 Å². The minimum atomic E-state index is -0.681. The summed E-state index contributed by atoms with van der Waals surface area (Å²) in [6, 6.07) is 0. The second-order valence-corrected chi connectivity index (χ2v) is 3.69. The first-order valence-corrected chi connectivity index (χ1v) is 5.56. The van der Waals surface area contributed by atoms with E-state index in [0.29, 0.717) is 5.76 Å². The minimum absolute atomic E-state index is 0.154. The summed E-state index contributed by atoms with van der Waals surface area (Å²) in [6.45, 7) is 13.2. The first-order chi connectivity index (χ1) is 8.01. The molecule has 0 aliphatic heterocycles. The molecule has 0 aromatic rings. The van der Waals surface area contributed by atoms with Crippen molar-refractivity contribution in [2.24, 2.45) is 0 Å². The Morgan fingerprint density at radius 2 is 1.88 bits per heavy atom. The normalized spacial score (nSPS) is 14.1. The fraction of sp³-hybridized carbons (Fsp3) is 0.429. The number of ether oxygens (including phenoxy) is 2. The van der Waals surface area contributed by atoms with Crippen LogP contribution < -0.4 is 0 Å². The predicted octanol–water partition coefficient (Wildman–Crippen LogP) is 2.95. The van der Waals surface area contributed by atoms with Gasteiger partial charge in [0.2, 0.25) is 0 Å². The summed E-state index contributed by atoms with van der Waals surface area (Å²) in [7, 11) is 0. The maximum Gasteiger partial charge on any atom is 0.122 e. The Hall–Kier alpha value is -1.48. The highest BCUT2D eigenvalue weighted by molar-refractivity contribution is 5.18. The molecule has 0 spiro atoms. The molecule has 0 aliphatic carbocycles. The molecule has 1 N–H and O–H groups in total. The van der Waals surface area contributed by atoms with Crippen LogP contribution in [-0.4, -0.2) is 24.4 Å². The standard InChI is InChI=1S/C14H22O3/c1-6-8-11(3)13(5)17-10-14(15)9-16-12(4)7-2/h6-8,14-15H,2,4,9-10H2,1,3,5H3. The number of aliphatic hydroxyl groups excluding tert-OH is 1. The summed E-state index contributed by atoms with van der Waals surface area (Å²) >= 11 is 0. The van der Waals surface area contributed by atoms with Crippen molar-refractivity contribution in [2.45, 2.75) is 26.9 Å². The van der Waals surface area contributed by atoms with Gasteiger partial charge in [-0.15, -0.1) is 0 Å². The Labute approximate surface area is 104 Å². The van der Waals surface area contributed by atoms with Crippen LogP contribution in [0.2, 0.25) is 0 Å². The van der Waals surface area contributed by atoms with Gasteiger partial charge in [0.1, 0.15) is 25.1 Å². The fourth-order valence-corrected chi connectivity index (χ4v) is 1.01. The van der Waals surface area contributed by atoms with Gasteiger partial charge >= 0.3 is 0 Å². The molecule has 1 atom stereocenters. The molecule has 3 nitrogen and oxygen atoms in total. The Balaban J connectivity index is 3.99. The van der Waals surface area contributed by atoms with Crippen LogP contribution in [-0.2, 0) is 9.47 Å². The minimum Gasteiger partial charge on any atom is -0.495 e. The van der Waals surface area contributed by atoms with Gasteiger partial charge in [0.25, 0.3) is 0 Å². The third kappa shape index (κ3) is 7.41. The van der Waals surface area contributed by atoms with Crippen molar-refractivity contribution in [3.63, 3.8) is 0 Å². The second kappa shape index (κ2) is 8.65. The lowest BCUT2D eigenvalue weighted by Crippen LogP contribution is -2.21. The van der Waals surface area contributed by atoms with Crippen molar-refractivity contribution in [1.82, 2.24) is 0 Å². The van der Waals surface area contributed by atoms with Crippen LogP contribution in [0.25, 0.3) is 0 Å². The molecule has 1 unspecified atom stereocenters. The Kier molecular flexibility index (Phi) is 7.89. The highest BCUT2D eigenvalue weighted by Crippen LogP contribution is 2.07. The molecule has 0 saturated heterocycles. The monoisotopic (exact) mass is 238 g/mol. The lowest BCUT2D eigenvalue weighted by Gasteiger charge is -2.14. The highest BCUT2D eigenvalue weighted by atomic mass is 16.5. The van der Waals surface area contributed by atoms with Crippen molar-refractivity contribution >= 4 is 0 Å². The topological polar surface area (TPSA) is 38.7 Å². The lowest BCUT2D eigenvalue weighted by molar-refractivity contribution is 0.0204. The number of hydrogen-bond acceptors (Lipinski definition) is 3. The number of hydrogen-bond donors (Lipinski definition) is 1. The van der Waals surface area contributed by atoms with E-state index in [1.165, 1.54) is 6.08 Å². The maximum atomic E-state index is 9.59. The summed E-state index contributed by atoms with van der Waals surface area (Å²) in [4.78, 5) is 0. The molecule has 0 fully saturated rings. The molecular weight excluding hydrogens is 216 g/mol. The van der Waals surface area contributed by atoms with Gasteiger partial charge < -0.3 is 14.6 Å². The quantitative estimate of drug-likeness (QED) is 0.522. The molecule has 0 rings (SSSR count). The highest BCUT2D eigenvalue weighted by Gasteiger charge is 2.06. The molecule has 0 radical (unpaired) electrons. The zero-order chi connectivity index (χ0) is 13.3. The lowest BCUT2D eigenvalue weighted by atomic mass is 10.2. The van der Waals surface area contributed by atoms with E-state index in [1.54, 1.807) is 0 Å². The van der Waals surface area contributed by atoms with Crippen molar-refractivity contribution in [1.29, 1.82) is 0 Å². The average Bonchev–Trinajstić information content (AvgIpc) is 2.32. The van der Waals surface area contributed by atoms with Gasteiger partial charge in [-0.2, -0.15) is 0 Å². The van der Waals surface area contributed by atoms with E-state index < -0.39 is 6.10 Å². The Morgan fingerprint density at radius 3 is 2.41 bits per heavy atom. The SMILES string of the molecule is C=CC(=C)OCC(O)COC(C)=C(C)C=CC. The van der Waals surface area contributed by atoms with Crippen molar-refractivity contribution < 1.29 is 14.6 Å². The molecule has 0 aromatic heterocycles. The molecule has 0 bridgehead atoms. The van der Waals surface area contributed by atoms with Crippen LogP contribution in [0.15, 0.2) is 48.5 Å². The van der Waals surface area contributed by atoms with Crippen molar-refractivity contribution in [3.05, 3.63) is 48.5 Å². The van der Waals surface area contributed by atoms with Gasteiger partial charge in [-0.25, -0.2) is 0 Å². The Morgan fingerprint density at radius 1 is 1.29 bits per heavy atom. The average molecular weight is 238 g/mol. The molecule has 3 heteroatoms. The molecular formula is C14H22O3. The van der Waals surface area contributed by atoms with E-state index >= 15 is 0 Å². The van der Waals surface area contributed by atoms with Gasteiger partial charge in [-0.1, -0.05) is 25.3 Å². The van der Waals surface area contributed by atoms with Crippen LogP contribution in [0.3, 0.4) is 0 Å². The summed E-state index contributed by atoms with van der Waals surface area (Å²) in [5, 5.41) is 9.59. The van der Waals surface area contributed by atoms with Crippen molar-refractivity contribution in [2.75, 3.05) is 13.2 Å². The molecule has 17 heavy (non-hydrogen) atoms. The number of rotatable bonds is 8. The van der Waals surface area contributed by atoms with E-state index in [4.69, 9.17) is 9.47 Å². The van der Waals surface area contributed by atoms with Gasteiger partial charge in [0.15, 0.2) is 0 Å². The zero-order valence-electron chi connectivity index (χ0n) is 10.9. The van der Waals surface area contributed by atoms with Gasteiger partial charge in [0.05, 0.1) is 5.76 Å². The molecule has 96 valence electrons. The van der Waals surface area contributed by atoms with E-state index in [9.17, 15) is 5.11 Å². The number of allylic oxidation sites excluding steroid dienone is 5. The summed E-state index contributed by atoms with van der Waals surface area (Å²) in [5.74, 6) is 1.24. The van der Waals surface area contributed by atoms with Crippen LogP contribution >= 0.6 is 0 Å². The van der Waals surface area contributed by atoms with Gasteiger partial charge in [-0.05, 0) is 32.4 Å². The van der Waals surface area contributed by atoms with Crippen LogP contribution in [0.5, 0.6) is 0 Å². The van der Waals surface area contributed by atoms with E-state index in [-0.39, 0.29) is 13.2 Å². The first kappa shape index (κ1) is 15.5. The Bertz CT molecular complexity index is 313. The fourth-order valence-electron chi connectivity index (χ4n) is 1.01. The van der Waals surface area contributed by atoms with Crippen LogP contribution in [0.1, 0.15) is 20.8 Å². The largest absolute Gasteiger partial charge is 0.495 e. The van der Waals surface area contributed by atoms with Crippen LogP contribution in [0.4, 0.5) is 0 Å². The van der Waals surface area contributed by atoms with E-state index in [1.807, 2.05) is 32.9 Å². The molecule has 0 aromatic carbocycles. The molecule has 0 saturated carbocycles. The first-order valence-electron chi connectivity index (χ1n) is 5.56. The third-order valence-corrected chi connectivity index (χ3v) is 2.15. The maximum absolute atomic E-state index is 9.59. The predicted molar refractivity (Wildman–Crippen MR) is 70.4 cm³/mol. The third-order valence-electron chi connectivity index (χ3n) is 2.15. The van der Waals surface area contributed by atoms with Gasteiger partial charge in [-0.3, -0.25) is 0 Å². The zero-order valence-corrected chi connectivity index (χ0v) is 10.9. The number of aliphatic hydroxyl groups is 1. The summed E-state index contributed by atoms with van der Waals surface area (Å²) in [6.07, 6.45) is 4.71. The smallest absolute Gasteiger partial charge is 0.122 e. The van der Waals surface area contributed by atoms with E-state index in [2.05, 4.69) is 13.2 Å². The van der Waals surface area contributed by atoms with E-state index in [0.717, 1.165) is 11.3 Å². The molecule has 0 aliphatic rings. The summed E-state index contributed by atoms with van der Waals surface area (Å²) < 4.78 is 10.5. The summed E-state index contributed by atoms with van der Waals surface area (Å²) in [5.41, 5.74) is 1.04. The molecule has 0 amide bonds. The van der Waals surface area contributed by atoms with Gasteiger partial charge in [0, 0.05) is 0 Å². The van der Waals surface area contributed by atoms with Crippen molar-refractivity contribution in [3.8, 4) is 0 Å². The molecule has 0 heterocycles. The second-order valence-electron chi connectivity index (χ2n) is 3.69.